The SMILES string of the molecule is COc1ccnc(NNC(=O)c2scnc2C)n1. The summed E-state index contributed by atoms with van der Waals surface area (Å²) in [5, 5.41) is 0. The zero-order valence-corrected chi connectivity index (χ0v) is 10.6. The number of methoxy groups -OCH3 is 1. The van der Waals surface area contributed by atoms with Gasteiger partial charge in [0.2, 0.25) is 11.8 Å². The van der Waals surface area contributed by atoms with E-state index in [9.17, 15) is 4.79 Å². The second-order valence-electron chi connectivity index (χ2n) is 3.27. The van der Waals surface area contributed by atoms with Crippen molar-refractivity contribution in [3.8, 4) is 5.88 Å². The van der Waals surface area contributed by atoms with Gasteiger partial charge in [0, 0.05) is 12.3 Å². The molecule has 8 heteroatoms. The van der Waals surface area contributed by atoms with Crippen LogP contribution in [0.25, 0.3) is 0 Å². The maximum atomic E-state index is 11.8. The third kappa shape index (κ3) is 2.72. The molecule has 18 heavy (non-hydrogen) atoms. The number of carbonyl (C=O) groups is 1. The molecule has 2 aromatic heterocycles. The van der Waals surface area contributed by atoms with E-state index < -0.39 is 0 Å². The quantitative estimate of drug-likeness (QED) is 0.802. The molecule has 2 heterocycles. The Labute approximate surface area is 107 Å². The van der Waals surface area contributed by atoms with E-state index in [0.29, 0.717) is 16.5 Å². The molecule has 2 N–H and O–H groups in total. The van der Waals surface area contributed by atoms with Gasteiger partial charge in [-0.15, -0.1) is 11.3 Å². The normalized spacial score (nSPS) is 9.89. The highest BCUT2D eigenvalue weighted by atomic mass is 32.1. The second-order valence-corrected chi connectivity index (χ2v) is 4.12. The predicted molar refractivity (Wildman–Crippen MR) is 66.5 cm³/mol. The molecule has 94 valence electrons. The van der Waals surface area contributed by atoms with E-state index >= 15 is 0 Å². The first kappa shape index (κ1) is 12.2. The molecule has 0 aliphatic heterocycles. The van der Waals surface area contributed by atoms with E-state index in [1.54, 1.807) is 18.5 Å². The topological polar surface area (TPSA) is 89.0 Å². The number of nitrogens with zero attached hydrogens (tertiary/aromatic N) is 3. The summed E-state index contributed by atoms with van der Waals surface area (Å²) in [5.74, 6) is 0.391. The van der Waals surface area contributed by atoms with Crippen LogP contribution < -0.4 is 15.6 Å². The van der Waals surface area contributed by atoms with Crippen LogP contribution >= 0.6 is 11.3 Å². The van der Waals surface area contributed by atoms with E-state index in [0.717, 1.165) is 0 Å². The van der Waals surface area contributed by atoms with Crippen LogP contribution in [0.15, 0.2) is 17.8 Å². The summed E-state index contributed by atoms with van der Waals surface area (Å²) in [6.45, 7) is 1.77. The third-order valence-corrected chi connectivity index (χ3v) is 3.01. The van der Waals surface area contributed by atoms with Gasteiger partial charge in [-0.25, -0.2) is 9.97 Å². The third-order valence-electron chi connectivity index (χ3n) is 2.08. The van der Waals surface area contributed by atoms with Crippen molar-refractivity contribution in [2.24, 2.45) is 0 Å². The van der Waals surface area contributed by atoms with Gasteiger partial charge in [0.05, 0.1) is 18.3 Å². The molecule has 2 aromatic rings. The lowest BCUT2D eigenvalue weighted by molar-refractivity contribution is 0.0965. The summed E-state index contributed by atoms with van der Waals surface area (Å²) in [5.41, 5.74) is 7.41. The summed E-state index contributed by atoms with van der Waals surface area (Å²) in [7, 11) is 1.51. The van der Waals surface area contributed by atoms with Crippen molar-refractivity contribution in [3.05, 3.63) is 28.3 Å². The number of rotatable bonds is 4. The van der Waals surface area contributed by atoms with E-state index in [1.165, 1.54) is 24.6 Å². The fraction of sp³-hybridized carbons (Fsp3) is 0.200. The van der Waals surface area contributed by atoms with Crippen molar-refractivity contribution in [3.63, 3.8) is 0 Å². The number of carbonyl (C=O) groups excluding carboxylic acids is 1. The van der Waals surface area contributed by atoms with Crippen molar-refractivity contribution in [1.82, 2.24) is 20.4 Å². The van der Waals surface area contributed by atoms with Gasteiger partial charge in [-0.1, -0.05) is 0 Å². The number of aryl methyl sites for hydroxylation is 1. The number of ether oxygens (including phenoxy) is 1. The molecule has 0 aliphatic carbocycles. The highest BCUT2D eigenvalue weighted by Gasteiger charge is 2.11. The largest absolute Gasteiger partial charge is 0.481 e. The number of anilines is 1. The van der Waals surface area contributed by atoms with Gasteiger partial charge in [-0.05, 0) is 6.92 Å². The second kappa shape index (κ2) is 5.41. The molecule has 0 spiro atoms. The first-order valence-electron chi connectivity index (χ1n) is 5.04. The highest BCUT2D eigenvalue weighted by molar-refractivity contribution is 7.11. The minimum atomic E-state index is -0.276. The summed E-state index contributed by atoms with van der Waals surface area (Å²) in [6.07, 6.45) is 1.53. The van der Waals surface area contributed by atoms with Crippen LogP contribution in [0, 0.1) is 6.92 Å². The minimum Gasteiger partial charge on any atom is -0.481 e. The standard InChI is InChI=1S/C10H11N5O2S/c1-6-8(18-5-12-6)9(16)14-15-10-11-4-3-7(13-10)17-2/h3-5H,1-2H3,(H,14,16)(H,11,13,15). The Bertz CT molecular complexity index is 557. The van der Waals surface area contributed by atoms with Crippen LogP contribution in [0.3, 0.4) is 0 Å². The van der Waals surface area contributed by atoms with Crippen LogP contribution in [-0.2, 0) is 0 Å². The van der Waals surface area contributed by atoms with E-state index in [1.807, 2.05) is 0 Å². The average Bonchev–Trinajstić information content (AvgIpc) is 2.82. The van der Waals surface area contributed by atoms with Gasteiger partial charge < -0.3 is 4.74 Å². The molecular formula is C10H11N5O2S. The molecule has 0 aliphatic rings. The Morgan fingerprint density at radius 1 is 1.44 bits per heavy atom. The number of hydrazine groups is 1. The summed E-state index contributed by atoms with van der Waals surface area (Å²) >= 11 is 1.27. The van der Waals surface area contributed by atoms with Gasteiger partial charge in [0.25, 0.3) is 5.91 Å². The van der Waals surface area contributed by atoms with Gasteiger partial charge >= 0.3 is 0 Å². The minimum absolute atomic E-state index is 0.255. The lowest BCUT2D eigenvalue weighted by Gasteiger charge is -2.06. The highest BCUT2D eigenvalue weighted by Crippen LogP contribution is 2.11. The number of amides is 1. The summed E-state index contributed by atoms with van der Waals surface area (Å²) in [6, 6.07) is 1.61. The van der Waals surface area contributed by atoms with Crippen molar-refractivity contribution >= 4 is 23.2 Å². The van der Waals surface area contributed by atoms with E-state index in [4.69, 9.17) is 4.74 Å². The lowest BCUT2D eigenvalue weighted by Crippen LogP contribution is -2.30. The molecule has 7 nitrogen and oxygen atoms in total. The predicted octanol–water partition coefficient (Wildman–Crippen LogP) is 1.01. The number of thiazole rings is 1. The maximum Gasteiger partial charge on any atom is 0.281 e. The monoisotopic (exact) mass is 265 g/mol. The van der Waals surface area contributed by atoms with Crippen molar-refractivity contribution in [1.29, 1.82) is 0 Å². The van der Waals surface area contributed by atoms with Crippen LogP contribution in [0.1, 0.15) is 15.4 Å². The van der Waals surface area contributed by atoms with Crippen LogP contribution in [0.5, 0.6) is 5.88 Å². The molecule has 0 saturated heterocycles. The first-order valence-corrected chi connectivity index (χ1v) is 5.92. The Morgan fingerprint density at radius 3 is 2.94 bits per heavy atom. The summed E-state index contributed by atoms with van der Waals surface area (Å²) in [4.78, 5) is 24.2. The maximum absolute atomic E-state index is 11.8. The molecule has 0 unspecified atom stereocenters. The Morgan fingerprint density at radius 2 is 2.28 bits per heavy atom. The van der Waals surface area contributed by atoms with Gasteiger partial charge in [0.15, 0.2) is 0 Å². The van der Waals surface area contributed by atoms with Crippen molar-refractivity contribution < 1.29 is 9.53 Å². The zero-order valence-electron chi connectivity index (χ0n) is 9.80. The number of hydrogen-bond donors (Lipinski definition) is 2. The van der Waals surface area contributed by atoms with Crippen LogP contribution in [-0.4, -0.2) is 28.0 Å². The fourth-order valence-corrected chi connectivity index (χ4v) is 1.90. The van der Waals surface area contributed by atoms with E-state index in [2.05, 4.69) is 25.8 Å². The van der Waals surface area contributed by atoms with Gasteiger partial charge in [0.1, 0.15) is 4.88 Å². The summed E-state index contributed by atoms with van der Waals surface area (Å²) < 4.78 is 4.94. The smallest absolute Gasteiger partial charge is 0.281 e. The fourth-order valence-electron chi connectivity index (χ4n) is 1.21. The number of nitrogens with one attached hydrogen (secondary N) is 2. The van der Waals surface area contributed by atoms with Crippen LogP contribution in [0.2, 0.25) is 0 Å². The molecular weight excluding hydrogens is 254 g/mol. The lowest BCUT2D eigenvalue weighted by atomic mass is 10.4. The van der Waals surface area contributed by atoms with Crippen molar-refractivity contribution in [2.45, 2.75) is 6.92 Å². The molecule has 0 fully saturated rings. The molecule has 0 saturated carbocycles. The Hall–Kier alpha value is -2.22. The molecule has 0 bridgehead atoms. The molecule has 0 atom stereocenters. The van der Waals surface area contributed by atoms with Crippen LogP contribution in [0.4, 0.5) is 5.95 Å². The zero-order chi connectivity index (χ0) is 13.0. The van der Waals surface area contributed by atoms with Gasteiger partial charge in [-0.3, -0.25) is 15.6 Å². The average molecular weight is 265 g/mol. The van der Waals surface area contributed by atoms with E-state index in [-0.39, 0.29) is 11.9 Å². The number of hydrogen-bond acceptors (Lipinski definition) is 7. The molecule has 0 radical (unpaired) electrons. The molecule has 1 amide bonds. The van der Waals surface area contributed by atoms with Gasteiger partial charge in [-0.2, -0.15) is 4.98 Å². The van der Waals surface area contributed by atoms with Crippen molar-refractivity contribution in [2.75, 3.05) is 12.5 Å². The number of aromatic nitrogens is 3. The first-order chi connectivity index (χ1) is 8.70. The Balaban J connectivity index is 1.99. The Kier molecular flexibility index (Phi) is 3.68. The molecule has 0 aromatic carbocycles. The molecule has 2 rings (SSSR count).